The van der Waals surface area contributed by atoms with Gasteiger partial charge in [-0.05, 0) is 11.1 Å². The van der Waals surface area contributed by atoms with Crippen molar-refractivity contribution in [2.24, 2.45) is 0 Å². The van der Waals surface area contributed by atoms with Gasteiger partial charge in [0.2, 0.25) is 5.91 Å². The van der Waals surface area contributed by atoms with Crippen molar-refractivity contribution in [3.63, 3.8) is 0 Å². The molecule has 0 aliphatic rings. The first-order chi connectivity index (χ1) is 15.4. The molecule has 9 nitrogen and oxygen atoms in total. The summed E-state index contributed by atoms with van der Waals surface area (Å²) in [6.45, 7) is -0.191. The van der Waals surface area contributed by atoms with Crippen molar-refractivity contribution in [1.29, 1.82) is 0 Å². The molecule has 1 unspecified atom stereocenters. The molecule has 0 aromatic heterocycles. The number of aliphatic carboxylic acids is 1. The van der Waals surface area contributed by atoms with Crippen LogP contribution in [-0.4, -0.2) is 65.5 Å². The summed E-state index contributed by atoms with van der Waals surface area (Å²) in [6.07, 6.45) is -2.20. The number of hydrogen-bond donors (Lipinski definition) is 3. The number of benzene rings is 2. The number of nitrogens with zero attached hydrogens (tertiary/aromatic N) is 1. The van der Waals surface area contributed by atoms with Gasteiger partial charge in [-0.15, -0.1) is 0 Å². The second-order valence-corrected chi connectivity index (χ2v) is 7.10. The molecule has 3 N–H and O–H groups in total. The van der Waals surface area contributed by atoms with Crippen LogP contribution in [0.15, 0.2) is 60.7 Å². The maximum absolute atomic E-state index is 13.2. The van der Waals surface area contributed by atoms with Crippen molar-refractivity contribution in [3.8, 4) is 0 Å². The summed E-state index contributed by atoms with van der Waals surface area (Å²) in [5, 5.41) is 21.1. The first-order valence-corrected chi connectivity index (χ1v) is 10.1. The number of carboxylic acid groups (broad SMARTS) is 1. The molecule has 2 aromatic rings. The number of aliphatic hydroxyl groups is 1. The lowest BCUT2D eigenvalue weighted by Crippen LogP contribution is -2.51. The topological polar surface area (TPSA) is 125 Å². The molecule has 0 radical (unpaired) electrons. The summed E-state index contributed by atoms with van der Waals surface area (Å²) in [5.74, 6) is -1.87. The third-order valence-electron chi connectivity index (χ3n) is 4.67. The number of carbonyl (C=O) groups excluding carboxylic acids is 2. The van der Waals surface area contributed by atoms with Gasteiger partial charge in [-0.1, -0.05) is 60.7 Å². The van der Waals surface area contributed by atoms with E-state index >= 15 is 0 Å². The van der Waals surface area contributed by atoms with Gasteiger partial charge < -0.3 is 29.9 Å². The highest BCUT2D eigenvalue weighted by Crippen LogP contribution is 2.11. The first-order valence-electron chi connectivity index (χ1n) is 10.1. The quantitative estimate of drug-likeness (QED) is 0.456. The van der Waals surface area contributed by atoms with Crippen molar-refractivity contribution in [2.75, 3.05) is 20.3 Å². The number of aliphatic hydroxyl groups excluding tert-OH is 1. The first kappa shape index (κ1) is 24.8. The van der Waals surface area contributed by atoms with Gasteiger partial charge in [-0.25, -0.2) is 4.79 Å². The molecule has 2 amide bonds. The monoisotopic (exact) mass is 444 g/mol. The van der Waals surface area contributed by atoms with Gasteiger partial charge in [0.25, 0.3) is 0 Å². The Morgan fingerprint density at radius 3 is 2.12 bits per heavy atom. The van der Waals surface area contributed by atoms with Gasteiger partial charge in [0, 0.05) is 20.2 Å². The molecule has 0 saturated heterocycles. The smallest absolute Gasteiger partial charge is 0.408 e. The molecule has 9 heteroatoms. The Morgan fingerprint density at radius 2 is 1.59 bits per heavy atom. The third-order valence-corrected chi connectivity index (χ3v) is 4.67. The molecule has 0 saturated carbocycles. The molecule has 0 aliphatic heterocycles. The standard InChI is InChI=1S/C23H28N2O7/c1-31-19(15-26)14-25(13-17-8-4-2-5-9-17)22(29)20(12-21(27)28)24-23(30)32-16-18-10-6-3-7-11-18/h2-11,19-20,26H,12-16H2,1H3,(H,24,30)(H,27,28)/t19?,20-/m1/s1. The van der Waals surface area contributed by atoms with E-state index in [4.69, 9.17) is 9.47 Å². The van der Waals surface area contributed by atoms with Crippen LogP contribution in [0.5, 0.6) is 0 Å². The Hall–Kier alpha value is -3.43. The Labute approximate surface area is 186 Å². The van der Waals surface area contributed by atoms with Crippen molar-refractivity contribution < 1.29 is 34.1 Å². The minimum atomic E-state index is -1.35. The zero-order valence-corrected chi connectivity index (χ0v) is 17.8. The van der Waals surface area contributed by atoms with Crippen molar-refractivity contribution in [3.05, 3.63) is 71.8 Å². The van der Waals surface area contributed by atoms with E-state index in [1.54, 1.807) is 24.3 Å². The van der Waals surface area contributed by atoms with E-state index in [0.717, 1.165) is 11.1 Å². The van der Waals surface area contributed by atoms with E-state index in [1.807, 2.05) is 36.4 Å². The van der Waals surface area contributed by atoms with Crippen LogP contribution in [0.25, 0.3) is 0 Å². The molecule has 0 fully saturated rings. The van der Waals surface area contributed by atoms with Gasteiger partial charge in [0.05, 0.1) is 19.1 Å². The van der Waals surface area contributed by atoms with E-state index < -0.39 is 36.5 Å². The molecule has 0 bridgehead atoms. The number of hydrogen-bond acceptors (Lipinski definition) is 6. The normalized spacial score (nSPS) is 12.4. The lowest BCUT2D eigenvalue weighted by molar-refractivity contribution is -0.143. The van der Waals surface area contributed by atoms with Gasteiger partial charge in [0.1, 0.15) is 12.6 Å². The summed E-state index contributed by atoms with van der Waals surface area (Å²) < 4.78 is 10.3. The molecular weight excluding hydrogens is 416 g/mol. The number of alkyl carbamates (subject to hydrolysis) is 1. The van der Waals surface area contributed by atoms with Gasteiger partial charge in [-0.2, -0.15) is 0 Å². The predicted octanol–water partition coefficient (Wildman–Crippen LogP) is 1.79. The fourth-order valence-electron chi connectivity index (χ4n) is 2.99. The van der Waals surface area contributed by atoms with Crippen LogP contribution < -0.4 is 5.32 Å². The van der Waals surface area contributed by atoms with E-state index in [9.17, 15) is 24.6 Å². The van der Waals surface area contributed by atoms with E-state index in [0.29, 0.717) is 0 Å². The maximum atomic E-state index is 13.2. The van der Waals surface area contributed by atoms with Crippen LogP contribution >= 0.6 is 0 Å². The summed E-state index contributed by atoms with van der Waals surface area (Å²) in [5.41, 5.74) is 1.55. The van der Waals surface area contributed by atoms with Crippen molar-refractivity contribution >= 4 is 18.0 Å². The highest BCUT2D eigenvalue weighted by Gasteiger charge is 2.30. The lowest BCUT2D eigenvalue weighted by Gasteiger charge is -2.29. The minimum Gasteiger partial charge on any atom is -0.481 e. The maximum Gasteiger partial charge on any atom is 0.408 e. The fourth-order valence-corrected chi connectivity index (χ4v) is 2.99. The predicted molar refractivity (Wildman–Crippen MR) is 116 cm³/mol. The van der Waals surface area contributed by atoms with Crippen LogP contribution in [0.4, 0.5) is 4.79 Å². The number of methoxy groups -OCH3 is 1. The zero-order chi connectivity index (χ0) is 23.3. The summed E-state index contributed by atoms with van der Waals surface area (Å²) in [4.78, 5) is 38.2. The van der Waals surface area contributed by atoms with Crippen LogP contribution in [0.3, 0.4) is 0 Å². The second kappa shape index (κ2) is 13.1. The highest BCUT2D eigenvalue weighted by atomic mass is 16.5. The molecule has 172 valence electrons. The SMILES string of the molecule is COC(CO)CN(Cc1ccccc1)C(=O)[C@@H](CC(=O)O)NC(=O)OCc1ccccc1. The van der Waals surface area contributed by atoms with Crippen molar-refractivity contribution in [1.82, 2.24) is 10.2 Å². The minimum absolute atomic E-state index is 0.0115. The molecule has 0 heterocycles. The number of rotatable bonds is 12. The lowest BCUT2D eigenvalue weighted by atomic mass is 10.1. The van der Waals surface area contributed by atoms with E-state index in [1.165, 1.54) is 12.0 Å². The number of nitrogens with one attached hydrogen (secondary N) is 1. The van der Waals surface area contributed by atoms with Gasteiger partial charge in [0.15, 0.2) is 0 Å². The summed E-state index contributed by atoms with van der Waals surface area (Å²) in [6, 6.07) is 16.7. The molecular formula is C23H28N2O7. The van der Waals surface area contributed by atoms with Crippen LogP contribution in [0, 0.1) is 0 Å². The van der Waals surface area contributed by atoms with Crippen LogP contribution in [0.1, 0.15) is 17.5 Å². The van der Waals surface area contributed by atoms with Gasteiger partial charge in [-0.3, -0.25) is 9.59 Å². The molecule has 2 aromatic carbocycles. The molecule has 2 rings (SSSR count). The Kier molecular flexibility index (Phi) is 10.2. The Morgan fingerprint density at radius 1 is 1.00 bits per heavy atom. The third kappa shape index (κ3) is 8.37. The van der Waals surface area contributed by atoms with Crippen molar-refractivity contribution in [2.45, 2.75) is 31.7 Å². The highest BCUT2D eigenvalue weighted by molar-refractivity contribution is 5.89. The summed E-state index contributed by atoms with van der Waals surface area (Å²) >= 11 is 0. The number of carbonyl (C=O) groups is 3. The Balaban J connectivity index is 2.13. The largest absolute Gasteiger partial charge is 0.481 e. The average Bonchev–Trinajstić information content (AvgIpc) is 2.80. The molecule has 0 spiro atoms. The average molecular weight is 444 g/mol. The molecule has 2 atom stereocenters. The van der Waals surface area contributed by atoms with E-state index in [2.05, 4.69) is 5.32 Å². The molecule has 0 aliphatic carbocycles. The number of ether oxygens (including phenoxy) is 2. The van der Waals surface area contributed by atoms with Crippen LogP contribution in [0.2, 0.25) is 0 Å². The second-order valence-electron chi connectivity index (χ2n) is 7.10. The molecule has 32 heavy (non-hydrogen) atoms. The Bertz CT molecular complexity index is 857. The van der Waals surface area contributed by atoms with Gasteiger partial charge >= 0.3 is 12.1 Å². The summed E-state index contributed by atoms with van der Waals surface area (Å²) in [7, 11) is 1.40. The number of carboxylic acids is 1. The van der Waals surface area contributed by atoms with Crippen LogP contribution in [-0.2, 0) is 32.2 Å². The number of amides is 2. The zero-order valence-electron chi connectivity index (χ0n) is 17.8. The fraction of sp³-hybridized carbons (Fsp3) is 0.348. The van der Waals surface area contributed by atoms with E-state index in [-0.39, 0.29) is 26.3 Å².